The van der Waals surface area contributed by atoms with Gasteiger partial charge >= 0.3 is 0 Å². The van der Waals surface area contributed by atoms with Gasteiger partial charge in [0.1, 0.15) is 4.90 Å². The van der Waals surface area contributed by atoms with Crippen LogP contribution in [0.3, 0.4) is 0 Å². The zero-order valence-corrected chi connectivity index (χ0v) is 14.2. The van der Waals surface area contributed by atoms with Crippen LogP contribution in [0.15, 0.2) is 21.9 Å². The van der Waals surface area contributed by atoms with E-state index in [0.717, 1.165) is 22.4 Å². The minimum absolute atomic E-state index is 0.521. The van der Waals surface area contributed by atoms with Gasteiger partial charge in [-0.2, -0.15) is 4.31 Å². The Bertz CT molecular complexity index is 657. The zero-order chi connectivity index (χ0) is 15.0. The summed E-state index contributed by atoms with van der Waals surface area (Å²) < 4.78 is 27.6. The van der Waals surface area contributed by atoms with Crippen LogP contribution in [-0.4, -0.2) is 31.9 Å². The maximum atomic E-state index is 13.0. The van der Waals surface area contributed by atoms with Crippen LogP contribution < -0.4 is 5.32 Å². The molecule has 1 N–H and O–H groups in total. The Balaban J connectivity index is 1.86. The summed E-state index contributed by atoms with van der Waals surface area (Å²) in [5, 5.41) is 5.39. The quantitative estimate of drug-likeness (QED) is 0.846. The second-order valence-electron chi connectivity index (χ2n) is 6.00. The van der Waals surface area contributed by atoms with E-state index < -0.39 is 10.0 Å². The van der Waals surface area contributed by atoms with Gasteiger partial charge in [-0.3, -0.25) is 0 Å². The molecule has 0 saturated heterocycles. The van der Waals surface area contributed by atoms with Crippen LogP contribution in [0, 0.1) is 6.92 Å². The molecule has 1 aromatic rings. The molecule has 0 unspecified atom stereocenters. The van der Waals surface area contributed by atoms with Crippen molar-refractivity contribution in [1.82, 2.24) is 9.62 Å². The van der Waals surface area contributed by atoms with Gasteiger partial charge in [0.05, 0.1) is 0 Å². The maximum absolute atomic E-state index is 13.0. The largest absolute Gasteiger partial charge is 0.309 e. The van der Waals surface area contributed by atoms with E-state index >= 15 is 0 Å². The summed E-state index contributed by atoms with van der Waals surface area (Å²) in [6.07, 6.45) is 5.36. The summed E-state index contributed by atoms with van der Waals surface area (Å²) >= 11 is 1.55. The van der Waals surface area contributed by atoms with E-state index in [1.807, 2.05) is 19.2 Å². The highest BCUT2D eigenvalue weighted by Crippen LogP contribution is 2.31. The highest BCUT2D eigenvalue weighted by Gasteiger charge is 2.31. The minimum Gasteiger partial charge on any atom is -0.309 e. The van der Waals surface area contributed by atoms with Crippen LogP contribution >= 0.6 is 11.3 Å². The van der Waals surface area contributed by atoms with Gasteiger partial charge in [0.25, 0.3) is 0 Å². The number of hydrogen-bond acceptors (Lipinski definition) is 4. The lowest BCUT2D eigenvalue weighted by Crippen LogP contribution is -2.36. The molecule has 2 aliphatic rings. The number of sulfonamides is 1. The van der Waals surface area contributed by atoms with Gasteiger partial charge < -0.3 is 5.32 Å². The van der Waals surface area contributed by atoms with Gasteiger partial charge in [-0.05, 0) is 44.1 Å². The molecule has 1 fully saturated rings. The van der Waals surface area contributed by atoms with E-state index in [9.17, 15) is 8.42 Å². The highest BCUT2D eigenvalue weighted by atomic mass is 32.2. The first-order valence-electron chi connectivity index (χ1n) is 7.44. The summed E-state index contributed by atoms with van der Waals surface area (Å²) in [7, 11) is -3.38. The molecule has 6 heteroatoms. The number of hydrogen-bond donors (Lipinski definition) is 1. The maximum Gasteiger partial charge on any atom is 0.244 e. The molecule has 0 atom stereocenters. The van der Waals surface area contributed by atoms with Crippen molar-refractivity contribution >= 4 is 21.4 Å². The van der Waals surface area contributed by atoms with E-state index in [4.69, 9.17) is 0 Å². The van der Waals surface area contributed by atoms with E-state index in [1.54, 1.807) is 15.6 Å². The Kier molecular flexibility index (Phi) is 4.23. The first-order chi connectivity index (χ1) is 9.98. The van der Waals surface area contributed by atoms with Crippen molar-refractivity contribution in [2.45, 2.75) is 50.6 Å². The molecule has 3 rings (SSSR count). The zero-order valence-electron chi connectivity index (χ0n) is 12.6. The van der Waals surface area contributed by atoms with Crippen molar-refractivity contribution in [3.63, 3.8) is 0 Å². The highest BCUT2D eigenvalue weighted by molar-refractivity contribution is 7.89. The van der Waals surface area contributed by atoms with E-state index in [0.29, 0.717) is 30.6 Å². The Morgan fingerprint density at radius 2 is 2.14 bits per heavy atom. The summed E-state index contributed by atoms with van der Waals surface area (Å²) in [4.78, 5) is 1.49. The molecule has 1 aliphatic carbocycles. The summed E-state index contributed by atoms with van der Waals surface area (Å²) in [6, 6.07) is 0.586. The smallest absolute Gasteiger partial charge is 0.244 e. The fourth-order valence-corrected chi connectivity index (χ4v) is 5.90. The van der Waals surface area contributed by atoms with Crippen LogP contribution in [0.1, 0.15) is 36.6 Å². The molecule has 0 radical (unpaired) electrons. The van der Waals surface area contributed by atoms with Crippen LogP contribution in [-0.2, 0) is 16.6 Å². The monoisotopic (exact) mass is 326 g/mol. The van der Waals surface area contributed by atoms with Gasteiger partial charge in [0.2, 0.25) is 10.0 Å². The van der Waals surface area contributed by atoms with E-state index in [1.165, 1.54) is 12.8 Å². The summed E-state index contributed by atoms with van der Waals surface area (Å²) in [5.41, 5.74) is 2.01. The number of rotatable bonds is 5. The van der Waals surface area contributed by atoms with Gasteiger partial charge in [-0.25, -0.2) is 8.42 Å². The predicted octanol–water partition coefficient (Wildman–Crippen LogP) is 2.65. The van der Waals surface area contributed by atoms with Crippen molar-refractivity contribution < 1.29 is 8.42 Å². The second kappa shape index (κ2) is 5.83. The Hall–Kier alpha value is -0.690. The Morgan fingerprint density at radius 3 is 2.81 bits per heavy atom. The predicted molar refractivity (Wildman–Crippen MR) is 86.1 cm³/mol. The Labute approximate surface area is 130 Å². The van der Waals surface area contributed by atoms with Crippen molar-refractivity contribution in [3.8, 4) is 0 Å². The average molecular weight is 326 g/mol. The summed E-state index contributed by atoms with van der Waals surface area (Å²) in [5.74, 6) is 0. The third kappa shape index (κ3) is 3.23. The first kappa shape index (κ1) is 15.2. The number of thiophene rings is 1. The molecule has 1 aromatic heterocycles. The molecular formula is C15H22N2O2S2. The van der Waals surface area contributed by atoms with E-state index in [-0.39, 0.29) is 0 Å². The average Bonchev–Trinajstić information content (AvgIpc) is 3.19. The van der Waals surface area contributed by atoms with Crippen molar-refractivity contribution in [3.05, 3.63) is 27.5 Å². The van der Waals surface area contributed by atoms with Crippen molar-refractivity contribution in [1.29, 1.82) is 0 Å². The van der Waals surface area contributed by atoms with Crippen molar-refractivity contribution in [2.75, 3.05) is 13.1 Å². The van der Waals surface area contributed by atoms with Gasteiger partial charge in [-0.1, -0.05) is 11.6 Å². The summed E-state index contributed by atoms with van der Waals surface area (Å²) in [6.45, 7) is 5.67. The molecule has 2 heterocycles. The molecule has 1 saturated carbocycles. The van der Waals surface area contributed by atoms with E-state index in [2.05, 4.69) is 11.4 Å². The fraction of sp³-hybridized carbons (Fsp3) is 0.600. The molecule has 0 bridgehead atoms. The van der Waals surface area contributed by atoms with Crippen LogP contribution in [0.25, 0.3) is 0 Å². The van der Waals surface area contributed by atoms with Gasteiger partial charge in [-0.15, -0.1) is 11.3 Å². The molecule has 1 aliphatic heterocycles. The molecule has 116 valence electrons. The van der Waals surface area contributed by atoms with Gasteiger partial charge in [0.15, 0.2) is 0 Å². The SMILES string of the molecule is CC1=CCCN(S(=O)(=O)c2c(C)csc2CNC2CC2)C1. The molecule has 0 spiro atoms. The van der Waals surface area contributed by atoms with Crippen LogP contribution in [0.2, 0.25) is 0 Å². The Morgan fingerprint density at radius 1 is 1.38 bits per heavy atom. The molecule has 0 aromatic carbocycles. The normalized spacial score (nSPS) is 20.6. The van der Waals surface area contributed by atoms with Crippen LogP contribution in [0.5, 0.6) is 0 Å². The third-order valence-electron chi connectivity index (χ3n) is 4.01. The second-order valence-corrected chi connectivity index (χ2v) is 8.84. The topological polar surface area (TPSA) is 49.4 Å². The molecule has 0 amide bonds. The standard InChI is InChI=1S/C15H22N2O2S2/c1-11-4-3-7-17(9-11)21(18,19)15-12(2)10-20-14(15)8-16-13-5-6-13/h4,10,13,16H,3,5-9H2,1-2H3. The minimum atomic E-state index is -3.38. The first-order valence-corrected chi connectivity index (χ1v) is 9.76. The molecule has 4 nitrogen and oxygen atoms in total. The lowest BCUT2D eigenvalue weighted by Gasteiger charge is -2.26. The van der Waals surface area contributed by atoms with Gasteiger partial charge in [0, 0.05) is 30.6 Å². The number of aryl methyl sites for hydroxylation is 1. The van der Waals surface area contributed by atoms with Crippen molar-refractivity contribution in [2.24, 2.45) is 0 Å². The fourth-order valence-electron chi connectivity index (χ4n) is 2.69. The number of nitrogens with one attached hydrogen (secondary N) is 1. The molecule has 21 heavy (non-hydrogen) atoms. The molecular weight excluding hydrogens is 304 g/mol. The lowest BCUT2D eigenvalue weighted by atomic mass is 10.2. The number of nitrogens with zero attached hydrogens (tertiary/aromatic N) is 1. The van der Waals surface area contributed by atoms with Crippen LogP contribution in [0.4, 0.5) is 0 Å². The third-order valence-corrected chi connectivity index (χ3v) is 7.32. The lowest BCUT2D eigenvalue weighted by molar-refractivity contribution is 0.427.